The number of carboxylic acids is 1. The number of fused-ring (bicyclic) bond motifs is 1. The third-order valence-electron chi connectivity index (χ3n) is 1.99. The van der Waals surface area contributed by atoms with Gasteiger partial charge in [-0.1, -0.05) is 19.1 Å². The highest BCUT2D eigenvalue weighted by atomic mass is 16.7. The Bertz CT molecular complexity index is 377. The molecule has 1 N–H and O–H groups in total. The van der Waals surface area contributed by atoms with Crippen molar-refractivity contribution in [3.8, 4) is 11.5 Å². The quantitative estimate of drug-likeness (QED) is 0.813. The van der Waals surface area contributed by atoms with E-state index < -0.39 is 11.8 Å². The summed E-state index contributed by atoms with van der Waals surface area (Å²) in [5.74, 6) is -0.339. The zero-order chi connectivity index (χ0) is 12.7. The van der Waals surface area contributed by atoms with Crippen LogP contribution < -0.4 is 9.47 Å². The third-order valence-corrected chi connectivity index (χ3v) is 1.99. The highest BCUT2D eigenvalue weighted by Crippen LogP contribution is 2.30. The molecule has 0 amide bonds. The highest BCUT2D eigenvalue weighted by molar-refractivity contribution is 6.32. The van der Waals surface area contributed by atoms with Crippen molar-refractivity contribution in [3.63, 3.8) is 0 Å². The number of Topliss-reactive ketones (excluding diaryl/α,β-unsaturated/α-hetero) is 1. The topological polar surface area (TPSA) is 72.8 Å². The number of hydrogen-bond donors (Lipinski definition) is 1. The lowest BCUT2D eigenvalue weighted by Gasteiger charge is -1.89. The van der Waals surface area contributed by atoms with Crippen LogP contribution in [0, 0.1) is 0 Å². The molecular weight excluding hydrogens is 224 g/mol. The Morgan fingerprint density at radius 1 is 1.24 bits per heavy atom. The average Bonchev–Trinajstić information content (AvgIpc) is 2.78. The molecule has 1 aromatic carbocycles. The lowest BCUT2D eigenvalue weighted by atomic mass is 10.2. The van der Waals surface area contributed by atoms with Gasteiger partial charge < -0.3 is 14.6 Å². The molecule has 0 atom stereocenters. The molecule has 0 bridgehead atoms. The van der Waals surface area contributed by atoms with Crippen LogP contribution in [0.2, 0.25) is 0 Å². The average molecular weight is 238 g/mol. The third kappa shape index (κ3) is 4.14. The largest absolute Gasteiger partial charge is 0.476 e. The van der Waals surface area contributed by atoms with Crippen LogP contribution in [-0.4, -0.2) is 23.7 Å². The number of carbonyl (C=O) groups excluding carboxylic acids is 1. The lowest BCUT2D eigenvalue weighted by Crippen LogP contribution is -2.10. The predicted octanol–water partition coefficient (Wildman–Crippen LogP) is 1.86. The van der Waals surface area contributed by atoms with Crippen LogP contribution in [0.5, 0.6) is 11.5 Å². The van der Waals surface area contributed by atoms with E-state index in [9.17, 15) is 9.59 Å². The Morgan fingerprint density at radius 3 is 2.12 bits per heavy atom. The first-order chi connectivity index (χ1) is 8.15. The molecule has 0 fully saturated rings. The maximum absolute atomic E-state index is 10.1. The minimum absolute atomic E-state index is 0.148. The summed E-state index contributed by atoms with van der Waals surface area (Å²) in [7, 11) is 0. The van der Waals surface area contributed by atoms with Gasteiger partial charge >= 0.3 is 5.97 Å². The molecule has 1 heterocycles. The van der Waals surface area contributed by atoms with Crippen molar-refractivity contribution in [1.29, 1.82) is 0 Å². The lowest BCUT2D eigenvalue weighted by molar-refractivity contribution is -0.149. The van der Waals surface area contributed by atoms with Crippen LogP contribution in [0.1, 0.15) is 19.8 Å². The number of rotatable bonds is 3. The van der Waals surface area contributed by atoms with Crippen LogP contribution in [0.3, 0.4) is 0 Å². The minimum Gasteiger partial charge on any atom is -0.476 e. The number of carboxylic acid groups (broad SMARTS) is 1. The molecule has 1 aromatic rings. The maximum atomic E-state index is 10.1. The fraction of sp³-hybridized carbons (Fsp3) is 0.333. The number of hydrogen-bond acceptors (Lipinski definition) is 4. The zero-order valence-electron chi connectivity index (χ0n) is 9.51. The van der Waals surface area contributed by atoms with Crippen LogP contribution in [0.15, 0.2) is 24.3 Å². The standard InChI is InChI=1S/C7H6O2.C5H8O3/c1-2-4-7-6(3-1)8-5-9-7;1-2-3-4(6)5(7)8/h1-4H,5H2;2-3H2,1H3,(H,7,8). The van der Waals surface area contributed by atoms with E-state index in [4.69, 9.17) is 14.6 Å². The second kappa shape index (κ2) is 6.52. The monoisotopic (exact) mass is 238 g/mol. The molecule has 5 nitrogen and oxygen atoms in total. The van der Waals surface area contributed by atoms with Gasteiger partial charge in [0.1, 0.15) is 0 Å². The summed E-state index contributed by atoms with van der Waals surface area (Å²) in [6.45, 7) is 2.13. The number of carbonyl (C=O) groups is 2. The normalized spacial score (nSPS) is 11.4. The molecule has 2 rings (SSSR count). The first kappa shape index (κ1) is 13.0. The number of para-hydroxylation sites is 2. The summed E-state index contributed by atoms with van der Waals surface area (Å²) >= 11 is 0. The van der Waals surface area contributed by atoms with Crippen molar-refractivity contribution in [1.82, 2.24) is 0 Å². The maximum Gasteiger partial charge on any atom is 0.372 e. The second-order valence-corrected chi connectivity index (χ2v) is 3.33. The molecule has 0 radical (unpaired) electrons. The van der Waals surface area contributed by atoms with E-state index >= 15 is 0 Å². The molecule has 5 heteroatoms. The van der Waals surface area contributed by atoms with Crippen molar-refractivity contribution in [2.45, 2.75) is 19.8 Å². The van der Waals surface area contributed by atoms with Crippen LogP contribution in [0.4, 0.5) is 0 Å². The first-order valence-corrected chi connectivity index (χ1v) is 5.26. The molecule has 0 saturated carbocycles. The van der Waals surface area contributed by atoms with E-state index in [2.05, 4.69) is 0 Å². The van der Waals surface area contributed by atoms with Gasteiger partial charge in [0.05, 0.1) is 0 Å². The van der Waals surface area contributed by atoms with Gasteiger partial charge in [-0.15, -0.1) is 0 Å². The molecule has 0 unspecified atom stereocenters. The molecule has 1 aliphatic heterocycles. The van der Waals surface area contributed by atoms with E-state index in [-0.39, 0.29) is 6.42 Å². The van der Waals surface area contributed by atoms with Crippen molar-refractivity contribution in [2.24, 2.45) is 0 Å². The van der Waals surface area contributed by atoms with Gasteiger partial charge in [0.25, 0.3) is 0 Å². The van der Waals surface area contributed by atoms with E-state index in [0.29, 0.717) is 13.2 Å². The van der Waals surface area contributed by atoms with Gasteiger partial charge in [-0.25, -0.2) is 4.79 Å². The minimum atomic E-state index is -1.33. The van der Waals surface area contributed by atoms with Gasteiger partial charge in [0.2, 0.25) is 12.6 Å². The summed E-state index contributed by atoms with van der Waals surface area (Å²) in [5, 5.41) is 7.96. The van der Waals surface area contributed by atoms with Gasteiger partial charge in [-0.3, -0.25) is 4.79 Å². The number of ether oxygens (including phenoxy) is 2. The van der Waals surface area contributed by atoms with E-state index in [0.717, 1.165) is 11.5 Å². The second-order valence-electron chi connectivity index (χ2n) is 3.33. The van der Waals surface area contributed by atoms with Crippen LogP contribution in [-0.2, 0) is 9.59 Å². The molecule has 1 aliphatic rings. The molecule has 0 aliphatic carbocycles. The summed E-state index contributed by atoms with van der Waals surface area (Å²) in [6, 6.07) is 7.63. The fourth-order valence-corrected chi connectivity index (χ4v) is 1.18. The smallest absolute Gasteiger partial charge is 0.372 e. The van der Waals surface area contributed by atoms with E-state index in [1.807, 2.05) is 24.3 Å². The van der Waals surface area contributed by atoms with E-state index in [1.165, 1.54) is 0 Å². The van der Waals surface area contributed by atoms with E-state index in [1.54, 1.807) is 6.92 Å². The van der Waals surface area contributed by atoms with Gasteiger partial charge in [0.15, 0.2) is 11.5 Å². The van der Waals surface area contributed by atoms with Gasteiger partial charge in [-0.05, 0) is 18.6 Å². The van der Waals surface area contributed by atoms with Gasteiger partial charge in [0, 0.05) is 6.42 Å². The van der Waals surface area contributed by atoms with Crippen LogP contribution in [0.25, 0.3) is 0 Å². The van der Waals surface area contributed by atoms with Crippen molar-refractivity contribution in [2.75, 3.05) is 6.79 Å². The van der Waals surface area contributed by atoms with Crippen LogP contribution >= 0.6 is 0 Å². The Hall–Kier alpha value is -2.04. The molecule has 0 saturated heterocycles. The predicted molar refractivity (Wildman–Crippen MR) is 60.1 cm³/mol. The molecular formula is C12H14O5. The summed E-state index contributed by atoms with van der Waals surface area (Å²) in [6.07, 6.45) is 0.750. The molecule has 17 heavy (non-hydrogen) atoms. The number of ketones is 1. The Labute approximate surface area is 99.0 Å². The number of aliphatic carboxylic acids is 1. The summed E-state index contributed by atoms with van der Waals surface area (Å²) < 4.78 is 10.2. The van der Waals surface area contributed by atoms with Crippen molar-refractivity contribution in [3.05, 3.63) is 24.3 Å². The Morgan fingerprint density at radius 2 is 1.76 bits per heavy atom. The number of benzene rings is 1. The van der Waals surface area contributed by atoms with Gasteiger partial charge in [-0.2, -0.15) is 0 Å². The highest BCUT2D eigenvalue weighted by Gasteiger charge is 2.09. The zero-order valence-corrected chi connectivity index (χ0v) is 9.51. The van der Waals surface area contributed by atoms with Crippen molar-refractivity contribution >= 4 is 11.8 Å². The summed E-state index contributed by atoms with van der Waals surface area (Å²) in [5.41, 5.74) is 0. The van der Waals surface area contributed by atoms with Crippen molar-refractivity contribution < 1.29 is 24.2 Å². The Kier molecular flexibility index (Phi) is 5.00. The SMILES string of the molecule is CCCC(=O)C(=O)O.c1ccc2c(c1)OCO2. The molecule has 0 aromatic heterocycles. The molecule has 92 valence electrons. The fourth-order valence-electron chi connectivity index (χ4n) is 1.18. The first-order valence-electron chi connectivity index (χ1n) is 5.26. The molecule has 0 spiro atoms. The Balaban J connectivity index is 0.000000172. The summed E-state index contributed by atoms with van der Waals surface area (Å²) in [4.78, 5) is 19.9.